The highest BCUT2D eigenvalue weighted by molar-refractivity contribution is 4.87. The number of hydrogen-bond acceptors (Lipinski definition) is 2. The van der Waals surface area contributed by atoms with E-state index in [4.69, 9.17) is 0 Å². The molecule has 20 heavy (non-hydrogen) atoms. The van der Waals surface area contributed by atoms with Gasteiger partial charge in [0.25, 0.3) is 0 Å². The van der Waals surface area contributed by atoms with Gasteiger partial charge in [-0.1, -0.05) is 47.0 Å². The number of hydrogen-bond donors (Lipinski definition) is 1. The Bertz CT molecular complexity index is 242. The first kappa shape index (κ1) is 18.0. The van der Waals surface area contributed by atoms with E-state index in [1.165, 1.54) is 51.4 Å². The molecule has 1 aliphatic rings. The molecular formula is C18H38N2. The summed E-state index contributed by atoms with van der Waals surface area (Å²) in [6.45, 7) is 10.5. The topological polar surface area (TPSA) is 15.3 Å². The highest BCUT2D eigenvalue weighted by atomic mass is 15.2. The van der Waals surface area contributed by atoms with E-state index in [9.17, 15) is 0 Å². The maximum Gasteiger partial charge on any atom is 0.0246 e. The van der Waals surface area contributed by atoms with Crippen LogP contribution in [-0.2, 0) is 0 Å². The van der Waals surface area contributed by atoms with Crippen molar-refractivity contribution in [3.05, 3.63) is 0 Å². The lowest BCUT2D eigenvalue weighted by molar-refractivity contribution is 0.0898. The zero-order chi connectivity index (χ0) is 15.0. The van der Waals surface area contributed by atoms with Crippen LogP contribution >= 0.6 is 0 Å². The van der Waals surface area contributed by atoms with E-state index >= 15 is 0 Å². The van der Waals surface area contributed by atoms with E-state index < -0.39 is 0 Å². The molecule has 0 heterocycles. The third-order valence-electron chi connectivity index (χ3n) is 5.15. The molecular weight excluding hydrogens is 244 g/mol. The van der Waals surface area contributed by atoms with Crippen molar-refractivity contribution in [1.82, 2.24) is 10.2 Å². The van der Waals surface area contributed by atoms with Crippen LogP contribution in [0.2, 0.25) is 0 Å². The minimum Gasteiger partial charge on any atom is -0.312 e. The molecule has 0 spiro atoms. The average Bonchev–Trinajstić information content (AvgIpc) is 2.45. The largest absolute Gasteiger partial charge is 0.312 e. The maximum absolute atomic E-state index is 3.81. The summed E-state index contributed by atoms with van der Waals surface area (Å²) in [5.41, 5.74) is 0. The highest BCUT2D eigenvalue weighted by Crippen LogP contribution is 2.29. The third-order valence-corrected chi connectivity index (χ3v) is 5.15. The second kappa shape index (κ2) is 9.78. The number of likely N-dealkylation sites (N-methyl/N-ethyl adjacent to an activating group) is 1. The van der Waals surface area contributed by atoms with E-state index in [1.807, 2.05) is 0 Å². The second-order valence-electron chi connectivity index (χ2n) is 6.92. The molecule has 0 aromatic heterocycles. The molecule has 1 N–H and O–H groups in total. The van der Waals surface area contributed by atoms with Gasteiger partial charge < -0.3 is 5.32 Å². The first-order valence-electron chi connectivity index (χ1n) is 9.09. The third kappa shape index (κ3) is 5.37. The molecule has 0 aromatic rings. The standard InChI is InChI=1S/C18H38N2/c1-6-10-17(19-13-7-2)18(8-3)20(5)16-12-9-11-15(4)14-16/h15-19H,6-14H2,1-5H3. The molecule has 4 unspecified atom stereocenters. The van der Waals surface area contributed by atoms with Gasteiger partial charge in [0.15, 0.2) is 0 Å². The van der Waals surface area contributed by atoms with E-state index in [1.54, 1.807) is 0 Å². The Balaban J connectivity index is 2.63. The zero-order valence-electron chi connectivity index (χ0n) is 14.6. The molecule has 120 valence electrons. The van der Waals surface area contributed by atoms with E-state index in [0.717, 1.165) is 18.5 Å². The summed E-state index contributed by atoms with van der Waals surface area (Å²) in [5, 5.41) is 3.81. The van der Waals surface area contributed by atoms with E-state index in [-0.39, 0.29) is 0 Å². The van der Waals surface area contributed by atoms with Gasteiger partial charge >= 0.3 is 0 Å². The van der Waals surface area contributed by atoms with Gasteiger partial charge in [-0.25, -0.2) is 0 Å². The lowest BCUT2D eigenvalue weighted by atomic mass is 9.85. The van der Waals surface area contributed by atoms with Crippen molar-refractivity contribution in [3.63, 3.8) is 0 Å². The predicted octanol–water partition coefficient (Wildman–Crippen LogP) is 4.44. The van der Waals surface area contributed by atoms with Crippen molar-refractivity contribution in [2.45, 2.75) is 97.2 Å². The van der Waals surface area contributed by atoms with Crippen LogP contribution in [0.4, 0.5) is 0 Å². The number of nitrogens with zero attached hydrogens (tertiary/aromatic N) is 1. The molecule has 1 saturated carbocycles. The Kier molecular flexibility index (Phi) is 8.79. The van der Waals surface area contributed by atoms with Crippen LogP contribution in [0, 0.1) is 5.92 Å². The molecule has 0 bridgehead atoms. The smallest absolute Gasteiger partial charge is 0.0246 e. The van der Waals surface area contributed by atoms with Crippen LogP contribution < -0.4 is 5.32 Å². The lowest BCUT2D eigenvalue weighted by Crippen LogP contribution is -2.52. The van der Waals surface area contributed by atoms with E-state index in [2.05, 4.69) is 45.0 Å². The summed E-state index contributed by atoms with van der Waals surface area (Å²) in [6.07, 6.45) is 10.8. The molecule has 0 aromatic carbocycles. The molecule has 1 rings (SSSR count). The Labute approximate surface area is 127 Å². The first-order valence-corrected chi connectivity index (χ1v) is 9.09. The van der Waals surface area contributed by atoms with Crippen LogP contribution in [0.25, 0.3) is 0 Å². The summed E-state index contributed by atoms with van der Waals surface area (Å²) in [5.74, 6) is 0.918. The second-order valence-corrected chi connectivity index (χ2v) is 6.92. The molecule has 0 aliphatic heterocycles. The minimum atomic E-state index is 0.673. The number of rotatable bonds is 9. The molecule has 1 fully saturated rings. The van der Waals surface area contributed by atoms with Crippen molar-refractivity contribution in [3.8, 4) is 0 Å². The summed E-state index contributed by atoms with van der Waals surface area (Å²) < 4.78 is 0. The van der Waals surface area contributed by atoms with Gasteiger partial charge in [0.1, 0.15) is 0 Å². The van der Waals surface area contributed by atoms with Gasteiger partial charge in [0, 0.05) is 18.1 Å². The summed E-state index contributed by atoms with van der Waals surface area (Å²) >= 11 is 0. The molecule has 2 nitrogen and oxygen atoms in total. The van der Waals surface area contributed by atoms with Crippen LogP contribution in [0.1, 0.15) is 79.1 Å². The van der Waals surface area contributed by atoms with Crippen molar-refractivity contribution in [2.75, 3.05) is 13.6 Å². The Morgan fingerprint density at radius 2 is 1.90 bits per heavy atom. The molecule has 0 radical (unpaired) electrons. The maximum atomic E-state index is 3.81. The van der Waals surface area contributed by atoms with Gasteiger partial charge in [-0.15, -0.1) is 0 Å². The fourth-order valence-corrected chi connectivity index (χ4v) is 3.97. The molecule has 0 amide bonds. The monoisotopic (exact) mass is 282 g/mol. The SMILES string of the molecule is CCCNC(CCC)C(CC)N(C)C1CCCC(C)C1. The average molecular weight is 283 g/mol. The van der Waals surface area contributed by atoms with Gasteiger partial charge in [-0.3, -0.25) is 4.90 Å². The normalized spacial score (nSPS) is 26.7. The molecule has 2 heteroatoms. The van der Waals surface area contributed by atoms with Crippen molar-refractivity contribution >= 4 is 0 Å². The Hall–Kier alpha value is -0.0800. The summed E-state index contributed by atoms with van der Waals surface area (Å²) in [7, 11) is 2.38. The highest BCUT2D eigenvalue weighted by Gasteiger charge is 2.30. The number of nitrogens with one attached hydrogen (secondary N) is 1. The minimum absolute atomic E-state index is 0.673. The van der Waals surface area contributed by atoms with Crippen LogP contribution in [0.3, 0.4) is 0 Å². The van der Waals surface area contributed by atoms with Crippen LogP contribution in [0.5, 0.6) is 0 Å². The lowest BCUT2D eigenvalue weighted by Gasteiger charge is -2.42. The quantitative estimate of drug-likeness (QED) is 0.672. The van der Waals surface area contributed by atoms with Gasteiger partial charge in [0.05, 0.1) is 0 Å². The zero-order valence-corrected chi connectivity index (χ0v) is 14.6. The summed E-state index contributed by atoms with van der Waals surface area (Å²) in [4.78, 5) is 2.72. The van der Waals surface area contributed by atoms with Crippen LogP contribution in [-0.4, -0.2) is 36.6 Å². The predicted molar refractivity (Wildman–Crippen MR) is 90.3 cm³/mol. The molecule has 1 aliphatic carbocycles. The van der Waals surface area contributed by atoms with Crippen molar-refractivity contribution in [1.29, 1.82) is 0 Å². The fourth-order valence-electron chi connectivity index (χ4n) is 3.97. The van der Waals surface area contributed by atoms with E-state index in [0.29, 0.717) is 12.1 Å². The van der Waals surface area contributed by atoms with Crippen molar-refractivity contribution < 1.29 is 0 Å². The van der Waals surface area contributed by atoms with Crippen molar-refractivity contribution in [2.24, 2.45) is 5.92 Å². The van der Waals surface area contributed by atoms with Gasteiger partial charge in [-0.2, -0.15) is 0 Å². The van der Waals surface area contributed by atoms with Crippen LogP contribution in [0.15, 0.2) is 0 Å². The molecule has 4 atom stereocenters. The Morgan fingerprint density at radius 3 is 2.45 bits per heavy atom. The summed E-state index contributed by atoms with van der Waals surface area (Å²) in [6, 6.07) is 2.19. The molecule has 0 saturated heterocycles. The fraction of sp³-hybridized carbons (Fsp3) is 1.00. The van der Waals surface area contributed by atoms with Gasteiger partial charge in [0.2, 0.25) is 0 Å². The first-order chi connectivity index (χ1) is 9.63. The Morgan fingerprint density at radius 1 is 1.15 bits per heavy atom. The van der Waals surface area contributed by atoms with Gasteiger partial charge in [-0.05, 0) is 51.6 Å².